The molecule has 1 saturated heterocycles. The fourth-order valence-electron chi connectivity index (χ4n) is 4.65. The molecule has 0 spiro atoms. The van der Waals surface area contributed by atoms with Gasteiger partial charge in [0.1, 0.15) is 0 Å². The highest BCUT2D eigenvalue weighted by atomic mass is 16.2. The van der Waals surface area contributed by atoms with Crippen molar-refractivity contribution >= 4 is 11.7 Å². The highest BCUT2D eigenvalue weighted by Crippen LogP contribution is 2.46. The molecule has 140 valence electrons. The van der Waals surface area contributed by atoms with Crippen molar-refractivity contribution in [3.63, 3.8) is 0 Å². The minimum atomic E-state index is -0.0139. The molecule has 2 unspecified atom stereocenters. The second-order valence-electron chi connectivity index (χ2n) is 7.75. The zero-order chi connectivity index (χ0) is 19.1. The van der Waals surface area contributed by atoms with E-state index in [2.05, 4.69) is 41.5 Å². The smallest absolute Gasteiger partial charge is 0.317 e. The standard InChI is InChI=1S/C24H23N3O/c1-16-9-11-18(14-21(16)22-8-4-5-13-25-22)26-24(28)27-15-17-10-12-23(27)20-7-3-2-6-19(17)20/h2-9,11,13-14,17,23H,10,12,15H2,1H3,(H,26,28). The maximum Gasteiger partial charge on any atom is 0.322 e. The molecule has 2 amide bonds. The van der Waals surface area contributed by atoms with Crippen LogP contribution in [-0.2, 0) is 0 Å². The van der Waals surface area contributed by atoms with Crippen LogP contribution in [0.25, 0.3) is 11.3 Å². The van der Waals surface area contributed by atoms with Crippen LogP contribution in [0.5, 0.6) is 0 Å². The third-order valence-corrected chi connectivity index (χ3v) is 6.07. The first-order valence-corrected chi connectivity index (χ1v) is 9.89. The van der Waals surface area contributed by atoms with Gasteiger partial charge in [0.25, 0.3) is 0 Å². The maximum atomic E-state index is 13.1. The van der Waals surface area contributed by atoms with Crippen LogP contribution in [0.15, 0.2) is 66.9 Å². The van der Waals surface area contributed by atoms with Gasteiger partial charge in [-0.05, 0) is 60.7 Å². The van der Waals surface area contributed by atoms with Gasteiger partial charge in [-0.3, -0.25) is 4.98 Å². The molecule has 6 rings (SSSR count). The molecule has 2 bridgehead atoms. The summed E-state index contributed by atoms with van der Waals surface area (Å²) < 4.78 is 0. The summed E-state index contributed by atoms with van der Waals surface area (Å²) in [6, 6.07) is 20.7. The summed E-state index contributed by atoms with van der Waals surface area (Å²) in [7, 11) is 0. The SMILES string of the molecule is Cc1ccc(NC(=O)N2CC3CCC2c2ccccc23)cc1-c1ccccn1. The minimum absolute atomic E-state index is 0.0139. The molecule has 2 aliphatic heterocycles. The fourth-order valence-corrected chi connectivity index (χ4v) is 4.65. The van der Waals surface area contributed by atoms with E-state index in [4.69, 9.17) is 0 Å². The fraction of sp³-hybridized carbons (Fsp3) is 0.250. The van der Waals surface area contributed by atoms with Crippen LogP contribution in [-0.4, -0.2) is 22.5 Å². The van der Waals surface area contributed by atoms with Crippen LogP contribution in [0.4, 0.5) is 10.5 Å². The lowest BCUT2D eigenvalue weighted by atomic mass is 9.75. The molecule has 1 aromatic heterocycles. The van der Waals surface area contributed by atoms with Gasteiger partial charge in [-0.2, -0.15) is 0 Å². The number of anilines is 1. The molecule has 4 nitrogen and oxygen atoms in total. The molecule has 0 saturated carbocycles. The van der Waals surface area contributed by atoms with E-state index in [-0.39, 0.29) is 12.1 Å². The lowest BCUT2D eigenvalue weighted by Gasteiger charge is -2.46. The molecule has 3 aliphatic rings. The number of fused-ring (bicyclic) bond motifs is 2. The Bertz CT molecular complexity index is 1030. The quantitative estimate of drug-likeness (QED) is 0.646. The Morgan fingerprint density at radius 3 is 2.68 bits per heavy atom. The first-order valence-electron chi connectivity index (χ1n) is 9.89. The summed E-state index contributed by atoms with van der Waals surface area (Å²) in [5, 5.41) is 3.12. The van der Waals surface area contributed by atoms with Crippen molar-refractivity contribution in [1.82, 2.24) is 9.88 Å². The van der Waals surface area contributed by atoms with E-state index < -0.39 is 0 Å². The number of hydrogen-bond acceptors (Lipinski definition) is 2. The first-order chi connectivity index (χ1) is 13.7. The van der Waals surface area contributed by atoms with Crippen molar-refractivity contribution in [2.75, 3.05) is 11.9 Å². The number of nitrogens with one attached hydrogen (secondary N) is 1. The van der Waals surface area contributed by atoms with Crippen molar-refractivity contribution < 1.29 is 4.79 Å². The van der Waals surface area contributed by atoms with Gasteiger partial charge in [0, 0.05) is 29.9 Å². The summed E-state index contributed by atoms with van der Waals surface area (Å²) in [5.74, 6) is 0.453. The monoisotopic (exact) mass is 369 g/mol. The zero-order valence-electron chi connectivity index (χ0n) is 15.9. The molecule has 28 heavy (non-hydrogen) atoms. The average Bonchev–Trinajstić information content (AvgIpc) is 2.76. The molecule has 0 radical (unpaired) electrons. The molecular weight excluding hydrogens is 346 g/mol. The number of nitrogens with zero attached hydrogens (tertiary/aromatic N) is 2. The largest absolute Gasteiger partial charge is 0.322 e. The predicted molar refractivity (Wildman–Crippen MR) is 111 cm³/mol. The molecular formula is C24H23N3O. The van der Waals surface area contributed by atoms with Crippen molar-refractivity contribution in [2.24, 2.45) is 0 Å². The Morgan fingerprint density at radius 1 is 1.04 bits per heavy atom. The summed E-state index contributed by atoms with van der Waals surface area (Å²) in [4.78, 5) is 19.6. The van der Waals surface area contributed by atoms with E-state index in [0.717, 1.165) is 35.5 Å². The molecule has 4 heteroatoms. The van der Waals surface area contributed by atoms with Crippen molar-refractivity contribution in [1.29, 1.82) is 0 Å². The van der Waals surface area contributed by atoms with Gasteiger partial charge in [0.2, 0.25) is 0 Å². The molecule has 1 N–H and O–H groups in total. The maximum absolute atomic E-state index is 13.1. The molecule has 1 aliphatic carbocycles. The Hall–Kier alpha value is -3.14. The Kier molecular flexibility index (Phi) is 4.12. The minimum Gasteiger partial charge on any atom is -0.317 e. The highest BCUT2D eigenvalue weighted by molar-refractivity contribution is 5.91. The van der Waals surface area contributed by atoms with Crippen molar-refractivity contribution in [3.8, 4) is 11.3 Å². The second kappa shape index (κ2) is 6.79. The highest BCUT2D eigenvalue weighted by Gasteiger charge is 2.40. The Morgan fingerprint density at radius 2 is 1.86 bits per heavy atom. The molecule has 3 heterocycles. The van der Waals surface area contributed by atoms with Crippen LogP contribution in [0.1, 0.15) is 41.5 Å². The summed E-state index contributed by atoms with van der Waals surface area (Å²) in [5.41, 5.74) is 6.66. The number of pyridine rings is 1. The number of hydrogen-bond donors (Lipinski definition) is 1. The zero-order valence-corrected chi connectivity index (χ0v) is 15.9. The first kappa shape index (κ1) is 17.0. The molecule has 1 fully saturated rings. The van der Waals surface area contributed by atoms with Crippen LogP contribution in [0, 0.1) is 6.92 Å². The third kappa shape index (κ3) is 2.85. The average molecular weight is 369 g/mol. The summed E-state index contributed by atoms with van der Waals surface area (Å²) in [6.07, 6.45) is 4.00. The van der Waals surface area contributed by atoms with Gasteiger partial charge in [-0.1, -0.05) is 36.4 Å². The van der Waals surface area contributed by atoms with Gasteiger partial charge in [-0.25, -0.2) is 4.79 Å². The number of piperidine rings is 1. The number of carbonyl (C=O) groups excluding carboxylic acids is 1. The number of carbonyl (C=O) groups is 1. The van der Waals surface area contributed by atoms with E-state index in [1.807, 2.05) is 41.3 Å². The summed E-state index contributed by atoms with van der Waals surface area (Å²) >= 11 is 0. The van der Waals surface area contributed by atoms with Crippen molar-refractivity contribution in [2.45, 2.75) is 31.7 Å². The van der Waals surface area contributed by atoms with Gasteiger partial charge in [0.15, 0.2) is 0 Å². The number of amides is 2. The molecule has 3 aromatic rings. The van der Waals surface area contributed by atoms with Crippen LogP contribution < -0.4 is 5.32 Å². The van der Waals surface area contributed by atoms with Gasteiger partial charge in [0.05, 0.1) is 11.7 Å². The number of aryl methyl sites for hydroxylation is 1. The second-order valence-corrected chi connectivity index (χ2v) is 7.75. The van der Waals surface area contributed by atoms with E-state index in [1.165, 1.54) is 17.5 Å². The third-order valence-electron chi connectivity index (χ3n) is 6.07. The van der Waals surface area contributed by atoms with Gasteiger partial charge >= 0.3 is 6.03 Å². The van der Waals surface area contributed by atoms with E-state index in [1.54, 1.807) is 6.20 Å². The normalized spacial score (nSPS) is 20.0. The number of aromatic nitrogens is 1. The number of urea groups is 1. The van der Waals surface area contributed by atoms with Crippen LogP contribution in [0.2, 0.25) is 0 Å². The van der Waals surface area contributed by atoms with Gasteiger partial charge < -0.3 is 10.2 Å². The van der Waals surface area contributed by atoms with E-state index in [9.17, 15) is 4.79 Å². The number of benzene rings is 2. The van der Waals surface area contributed by atoms with Gasteiger partial charge in [-0.15, -0.1) is 0 Å². The molecule has 2 aromatic carbocycles. The topological polar surface area (TPSA) is 45.2 Å². The Balaban J connectivity index is 1.40. The molecule has 2 atom stereocenters. The van der Waals surface area contributed by atoms with Crippen LogP contribution in [0.3, 0.4) is 0 Å². The van der Waals surface area contributed by atoms with E-state index in [0.29, 0.717) is 5.92 Å². The van der Waals surface area contributed by atoms with Crippen molar-refractivity contribution in [3.05, 3.63) is 83.6 Å². The van der Waals surface area contributed by atoms with Crippen LogP contribution >= 0.6 is 0 Å². The number of rotatable bonds is 2. The Labute approximate surface area is 165 Å². The lowest BCUT2D eigenvalue weighted by Crippen LogP contribution is -2.47. The predicted octanol–water partition coefficient (Wildman–Crippen LogP) is 5.52. The van der Waals surface area contributed by atoms with E-state index >= 15 is 0 Å². The lowest BCUT2D eigenvalue weighted by molar-refractivity contribution is 0.139. The summed E-state index contributed by atoms with van der Waals surface area (Å²) in [6.45, 7) is 2.86.